The van der Waals surface area contributed by atoms with Crippen LogP contribution in [0.5, 0.6) is 0 Å². The standard InChI is InChI=1S/C21H16N4/c22-21-20(16-10-5-2-6-11-16)24-18(15-8-3-1-4-9-15)19(25-21)17-12-7-13-23-14-17/h1-14H,(H2,22,25). The lowest BCUT2D eigenvalue weighted by molar-refractivity contribution is 1.21. The van der Waals surface area contributed by atoms with Gasteiger partial charge in [-0.05, 0) is 12.1 Å². The largest absolute Gasteiger partial charge is 0.382 e. The zero-order chi connectivity index (χ0) is 17.1. The molecule has 0 aliphatic heterocycles. The van der Waals surface area contributed by atoms with Crippen LogP contribution in [-0.4, -0.2) is 15.0 Å². The van der Waals surface area contributed by atoms with E-state index in [1.165, 1.54) is 0 Å². The van der Waals surface area contributed by atoms with E-state index < -0.39 is 0 Å². The number of nitrogens with two attached hydrogens (primary N) is 1. The highest BCUT2D eigenvalue weighted by Crippen LogP contribution is 2.33. The zero-order valence-corrected chi connectivity index (χ0v) is 13.5. The maximum absolute atomic E-state index is 6.24. The van der Waals surface area contributed by atoms with Gasteiger partial charge in [-0.3, -0.25) is 4.98 Å². The third kappa shape index (κ3) is 2.97. The van der Waals surface area contributed by atoms with Crippen LogP contribution in [0.3, 0.4) is 0 Å². The molecule has 0 aliphatic carbocycles. The Kier molecular flexibility index (Phi) is 3.92. The lowest BCUT2D eigenvalue weighted by Crippen LogP contribution is -2.02. The second-order valence-electron chi connectivity index (χ2n) is 5.63. The minimum absolute atomic E-state index is 0.407. The molecule has 2 N–H and O–H groups in total. The van der Waals surface area contributed by atoms with Crippen molar-refractivity contribution in [1.29, 1.82) is 0 Å². The maximum Gasteiger partial charge on any atom is 0.150 e. The van der Waals surface area contributed by atoms with Crippen molar-refractivity contribution in [2.45, 2.75) is 0 Å². The van der Waals surface area contributed by atoms with Crippen molar-refractivity contribution in [1.82, 2.24) is 15.0 Å². The normalized spacial score (nSPS) is 10.6. The van der Waals surface area contributed by atoms with Crippen LogP contribution in [0.15, 0.2) is 85.2 Å². The van der Waals surface area contributed by atoms with Crippen LogP contribution >= 0.6 is 0 Å². The van der Waals surface area contributed by atoms with Crippen LogP contribution in [0.4, 0.5) is 5.82 Å². The van der Waals surface area contributed by atoms with Gasteiger partial charge in [-0.15, -0.1) is 0 Å². The summed E-state index contributed by atoms with van der Waals surface area (Å²) in [6.45, 7) is 0. The first-order valence-corrected chi connectivity index (χ1v) is 8.01. The van der Waals surface area contributed by atoms with Gasteiger partial charge in [0.25, 0.3) is 0 Å². The molecule has 0 atom stereocenters. The quantitative estimate of drug-likeness (QED) is 0.604. The molecule has 0 bridgehead atoms. The third-order valence-electron chi connectivity index (χ3n) is 3.95. The number of nitrogens with zero attached hydrogens (tertiary/aromatic N) is 3. The third-order valence-corrected chi connectivity index (χ3v) is 3.95. The summed E-state index contributed by atoms with van der Waals surface area (Å²) in [7, 11) is 0. The molecule has 4 nitrogen and oxygen atoms in total. The van der Waals surface area contributed by atoms with Crippen LogP contribution in [0, 0.1) is 0 Å². The summed E-state index contributed by atoms with van der Waals surface area (Å²) in [6.07, 6.45) is 3.51. The number of nitrogen functional groups attached to an aromatic ring is 1. The number of aromatic nitrogens is 3. The predicted molar refractivity (Wildman–Crippen MR) is 101 cm³/mol. The van der Waals surface area contributed by atoms with E-state index in [0.717, 1.165) is 28.1 Å². The molecule has 0 unspecified atom stereocenters. The van der Waals surface area contributed by atoms with Crippen LogP contribution in [-0.2, 0) is 0 Å². The highest BCUT2D eigenvalue weighted by atomic mass is 14.9. The van der Waals surface area contributed by atoms with Gasteiger partial charge in [0.05, 0.1) is 5.69 Å². The van der Waals surface area contributed by atoms with Gasteiger partial charge >= 0.3 is 0 Å². The Morgan fingerprint density at radius 1 is 0.560 bits per heavy atom. The molecule has 25 heavy (non-hydrogen) atoms. The molecule has 0 radical (unpaired) electrons. The molecule has 4 heteroatoms. The Morgan fingerprint density at radius 2 is 1.12 bits per heavy atom. The van der Waals surface area contributed by atoms with Crippen molar-refractivity contribution in [3.8, 4) is 33.8 Å². The minimum atomic E-state index is 0.407. The number of hydrogen-bond acceptors (Lipinski definition) is 4. The van der Waals surface area contributed by atoms with E-state index in [1.54, 1.807) is 12.4 Å². The summed E-state index contributed by atoms with van der Waals surface area (Å²) >= 11 is 0. The van der Waals surface area contributed by atoms with Gasteiger partial charge in [0.2, 0.25) is 0 Å². The molecule has 0 spiro atoms. The molecule has 4 rings (SSSR count). The van der Waals surface area contributed by atoms with Crippen LogP contribution < -0.4 is 5.73 Å². The zero-order valence-electron chi connectivity index (χ0n) is 13.5. The van der Waals surface area contributed by atoms with E-state index in [0.29, 0.717) is 11.5 Å². The SMILES string of the molecule is Nc1nc(-c2cccnc2)c(-c2ccccc2)nc1-c1ccccc1. The summed E-state index contributed by atoms with van der Waals surface area (Å²) in [5.41, 5.74) is 11.3. The lowest BCUT2D eigenvalue weighted by atomic mass is 10.0. The first-order valence-electron chi connectivity index (χ1n) is 8.01. The molecule has 2 aromatic heterocycles. The Labute approximate surface area is 146 Å². The molecule has 0 amide bonds. The van der Waals surface area contributed by atoms with Crippen molar-refractivity contribution in [3.05, 3.63) is 85.2 Å². The minimum Gasteiger partial charge on any atom is -0.382 e. The van der Waals surface area contributed by atoms with Gasteiger partial charge < -0.3 is 5.73 Å². The van der Waals surface area contributed by atoms with Crippen LogP contribution in [0.25, 0.3) is 33.8 Å². The molecule has 0 saturated carbocycles. The molecule has 0 aliphatic rings. The Hall–Kier alpha value is -3.53. The van der Waals surface area contributed by atoms with Crippen molar-refractivity contribution in [2.24, 2.45) is 0 Å². The fourth-order valence-electron chi connectivity index (χ4n) is 2.76. The fraction of sp³-hybridized carbons (Fsp3) is 0. The van der Waals surface area contributed by atoms with Gasteiger partial charge in [0.15, 0.2) is 5.82 Å². The molecule has 0 saturated heterocycles. The molecule has 2 aromatic carbocycles. The van der Waals surface area contributed by atoms with Gasteiger partial charge in [0, 0.05) is 29.1 Å². The Balaban J connectivity index is 1.98. The average Bonchev–Trinajstić information content (AvgIpc) is 2.70. The van der Waals surface area contributed by atoms with E-state index in [4.69, 9.17) is 10.7 Å². The molecular formula is C21H16N4. The van der Waals surface area contributed by atoms with Crippen molar-refractivity contribution in [2.75, 3.05) is 5.73 Å². The summed E-state index contributed by atoms with van der Waals surface area (Å²) in [6, 6.07) is 23.7. The second kappa shape index (κ2) is 6.53. The van der Waals surface area contributed by atoms with Gasteiger partial charge in [-0.2, -0.15) is 0 Å². The van der Waals surface area contributed by atoms with Gasteiger partial charge in [-0.1, -0.05) is 60.7 Å². The lowest BCUT2D eigenvalue weighted by Gasteiger charge is -2.13. The summed E-state index contributed by atoms with van der Waals surface area (Å²) in [4.78, 5) is 13.7. The molecule has 0 fully saturated rings. The fourth-order valence-corrected chi connectivity index (χ4v) is 2.76. The monoisotopic (exact) mass is 324 g/mol. The van der Waals surface area contributed by atoms with E-state index >= 15 is 0 Å². The second-order valence-corrected chi connectivity index (χ2v) is 5.63. The van der Waals surface area contributed by atoms with E-state index in [1.807, 2.05) is 72.8 Å². The first-order chi connectivity index (χ1) is 12.3. The maximum atomic E-state index is 6.24. The number of anilines is 1. The smallest absolute Gasteiger partial charge is 0.150 e. The summed E-state index contributed by atoms with van der Waals surface area (Å²) < 4.78 is 0. The van der Waals surface area contributed by atoms with Crippen LogP contribution in [0.2, 0.25) is 0 Å². The van der Waals surface area contributed by atoms with Gasteiger partial charge in [0.1, 0.15) is 11.4 Å². The van der Waals surface area contributed by atoms with E-state index in [9.17, 15) is 0 Å². The number of rotatable bonds is 3. The number of pyridine rings is 1. The van der Waals surface area contributed by atoms with Crippen molar-refractivity contribution >= 4 is 5.82 Å². The first kappa shape index (κ1) is 15.0. The highest BCUT2D eigenvalue weighted by Gasteiger charge is 2.16. The Bertz CT molecular complexity index is 984. The van der Waals surface area contributed by atoms with Gasteiger partial charge in [-0.25, -0.2) is 9.97 Å². The molecular weight excluding hydrogens is 308 g/mol. The van der Waals surface area contributed by atoms with Crippen molar-refractivity contribution in [3.63, 3.8) is 0 Å². The average molecular weight is 324 g/mol. The van der Waals surface area contributed by atoms with E-state index in [2.05, 4.69) is 9.97 Å². The topological polar surface area (TPSA) is 64.7 Å². The number of hydrogen-bond donors (Lipinski definition) is 1. The predicted octanol–water partition coefficient (Wildman–Crippen LogP) is 4.45. The molecule has 4 aromatic rings. The highest BCUT2D eigenvalue weighted by molar-refractivity contribution is 5.83. The summed E-state index contributed by atoms with van der Waals surface area (Å²) in [5.74, 6) is 0.407. The molecule has 2 heterocycles. The number of benzene rings is 2. The summed E-state index contributed by atoms with van der Waals surface area (Å²) in [5, 5.41) is 0. The van der Waals surface area contributed by atoms with Crippen molar-refractivity contribution < 1.29 is 0 Å². The van der Waals surface area contributed by atoms with Crippen LogP contribution in [0.1, 0.15) is 0 Å². The Morgan fingerprint density at radius 3 is 1.72 bits per heavy atom. The molecule has 120 valence electrons. The van der Waals surface area contributed by atoms with E-state index in [-0.39, 0.29) is 0 Å².